The summed E-state index contributed by atoms with van der Waals surface area (Å²) in [5.74, 6) is -0.0125. The predicted octanol–water partition coefficient (Wildman–Crippen LogP) is 3.78. The molecule has 0 aliphatic rings. The van der Waals surface area contributed by atoms with E-state index >= 15 is 0 Å². The zero-order chi connectivity index (χ0) is 12.3. The molecule has 0 bridgehead atoms. The molecule has 0 aliphatic heterocycles. The van der Waals surface area contributed by atoms with Crippen molar-refractivity contribution in [3.8, 4) is 0 Å². The molecule has 0 saturated carbocycles. The van der Waals surface area contributed by atoms with E-state index in [4.69, 9.17) is 6.57 Å². The van der Waals surface area contributed by atoms with Gasteiger partial charge in [0.1, 0.15) is 0 Å². The fourth-order valence-electron chi connectivity index (χ4n) is 1.56. The smallest absolute Gasteiger partial charge is 0.192 e. The maximum Gasteiger partial charge on any atom is 0.192 e. The van der Waals surface area contributed by atoms with Crippen molar-refractivity contribution in [2.24, 2.45) is 0 Å². The second kappa shape index (κ2) is 4.63. The van der Waals surface area contributed by atoms with Gasteiger partial charge in [-0.05, 0) is 6.92 Å². The molecule has 0 atom stereocenters. The van der Waals surface area contributed by atoms with E-state index in [2.05, 4.69) is 4.85 Å². The lowest BCUT2D eigenvalue weighted by Gasteiger charge is -2.01. The summed E-state index contributed by atoms with van der Waals surface area (Å²) < 4.78 is 0. The molecule has 2 aromatic carbocycles. The Balaban J connectivity index is 2.31. The van der Waals surface area contributed by atoms with Gasteiger partial charge in [0, 0.05) is 11.1 Å². The van der Waals surface area contributed by atoms with E-state index in [0.29, 0.717) is 16.8 Å². The zero-order valence-corrected chi connectivity index (χ0v) is 9.47. The molecule has 0 radical (unpaired) electrons. The molecule has 0 saturated heterocycles. The van der Waals surface area contributed by atoms with Crippen LogP contribution in [-0.2, 0) is 0 Å². The monoisotopic (exact) mass is 221 g/mol. The van der Waals surface area contributed by atoms with Crippen LogP contribution >= 0.6 is 0 Å². The van der Waals surface area contributed by atoms with Gasteiger partial charge in [-0.3, -0.25) is 4.79 Å². The maximum atomic E-state index is 12.1. The van der Waals surface area contributed by atoms with E-state index in [0.717, 1.165) is 5.56 Å². The molecule has 2 nitrogen and oxygen atoms in total. The number of nitrogens with zero attached hydrogens (tertiary/aromatic N) is 1. The van der Waals surface area contributed by atoms with Crippen molar-refractivity contribution in [3.05, 3.63) is 76.6 Å². The van der Waals surface area contributed by atoms with Gasteiger partial charge in [-0.15, -0.1) is 0 Å². The Morgan fingerprint density at radius 2 is 1.41 bits per heavy atom. The minimum absolute atomic E-state index is 0.0125. The molecule has 0 amide bonds. The lowest BCUT2D eigenvalue weighted by Crippen LogP contribution is -2.00. The Hall–Kier alpha value is -2.40. The van der Waals surface area contributed by atoms with Gasteiger partial charge in [0.2, 0.25) is 0 Å². The summed E-state index contributed by atoms with van der Waals surface area (Å²) >= 11 is 0. The number of aryl methyl sites for hydroxylation is 1. The standard InChI is InChI=1S/C15H11NO/c1-11-3-5-12(6-4-11)15(17)13-7-9-14(16-2)10-8-13/h3-10H,1H3. The van der Waals surface area contributed by atoms with Gasteiger partial charge in [0.15, 0.2) is 11.5 Å². The van der Waals surface area contributed by atoms with Crippen LogP contribution in [0.5, 0.6) is 0 Å². The van der Waals surface area contributed by atoms with Crippen LogP contribution in [0.2, 0.25) is 0 Å². The third-order valence-electron chi connectivity index (χ3n) is 2.57. The van der Waals surface area contributed by atoms with Gasteiger partial charge in [-0.25, -0.2) is 4.85 Å². The summed E-state index contributed by atoms with van der Waals surface area (Å²) in [4.78, 5) is 15.4. The van der Waals surface area contributed by atoms with Crippen molar-refractivity contribution < 1.29 is 4.79 Å². The highest BCUT2D eigenvalue weighted by molar-refractivity contribution is 6.09. The first-order valence-electron chi connectivity index (χ1n) is 5.29. The number of ketones is 1. The summed E-state index contributed by atoms with van der Waals surface area (Å²) in [5, 5.41) is 0. The van der Waals surface area contributed by atoms with Gasteiger partial charge in [-0.1, -0.05) is 54.1 Å². The van der Waals surface area contributed by atoms with Crippen LogP contribution in [0.4, 0.5) is 5.69 Å². The SMILES string of the molecule is [C-]#[N+]c1ccc(C(=O)c2ccc(C)cc2)cc1. The number of hydrogen-bond donors (Lipinski definition) is 0. The summed E-state index contributed by atoms with van der Waals surface area (Å²) in [5.41, 5.74) is 2.96. The molecule has 0 spiro atoms. The predicted molar refractivity (Wildman–Crippen MR) is 67.3 cm³/mol. The van der Waals surface area contributed by atoms with Crippen molar-refractivity contribution in [1.29, 1.82) is 0 Å². The van der Waals surface area contributed by atoms with Crippen molar-refractivity contribution in [2.45, 2.75) is 6.92 Å². The normalized spacial score (nSPS) is 9.65. The third kappa shape index (κ3) is 2.40. The Labute approximate surface area is 100 Å². The van der Waals surface area contributed by atoms with Gasteiger partial charge < -0.3 is 0 Å². The molecule has 17 heavy (non-hydrogen) atoms. The van der Waals surface area contributed by atoms with Gasteiger partial charge in [0.05, 0.1) is 6.57 Å². The first-order valence-corrected chi connectivity index (χ1v) is 5.29. The molecule has 0 heterocycles. The van der Waals surface area contributed by atoms with Crippen molar-refractivity contribution >= 4 is 11.5 Å². The molecule has 0 fully saturated rings. The van der Waals surface area contributed by atoms with Crippen molar-refractivity contribution in [2.75, 3.05) is 0 Å². The van der Waals surface area contributed by atoms with E-state index in [1.165, 1.54) is 0 Å². The Kier molecular flexibility index (Phi) is 3.02. The van der Waals surface area contributed by atoms with Crippen LogP contribution in [0.15, 0.2) is 48.5 Å². The molecule has 2 rings (SSSR count). The number of carbonyl (C=O) groups is 1. The van der Waals surface area contributed by atoms with E-state index < -0.39 is 0 Å². The third-order valence-corrected chi connectivity index (χ3v) is 2.57. The molecule has 0 aromatic heterocycles. The minimum atomic E-state index is -0.0125. The number of rotatable bonds is 2. The summed E-state index contributed by atoms with van der Waals surface area (Å²) in [6.07, 6.45) is 0. The van der Waals surface area contributed by atoms with Crippen LogP contribution in [0.25, 0.3) is 4.85 Å². The lowest BCUT2D eigenvalue weighted by molar-refractivity contribution is 0.103. The first-order chi connectivity index (χ1) is 8.20. The Morgan fingerprint density at radius 3 is 1.88 bits per heavy atom. The number of carbonyl (C=O) groups excluding carboxylic acids is 1. The fourth-order valence-corrected chi connectivity index (χ4v) is 1.56. The molecular formula is C15H11NO. The molecule has 0 aliphatic carbocycles. The maximum absolute atomic E-state index is 12.1. The van der Waals surface area contributed by atoms with Gasteiger partial charge in [0.25, 0.3) is 0 Å². The number of benzene rings is 2. The summed E-state index contributed by atoms with van der Waals surface area (Å²) in [6.45, 7) is 8.83. The average Bonchev–Trinajstić information content (AvgIpc) is 2.39. The molecular weight excluding hydrogens is 210 g/mol. The first kappa shape index (κ1) is 11.1. The summed E-state index contributed by atoms with van der Waals surface area (Å²) in [7, 11) is 0. The minimum Gasteiger partial charge on any atom is -0.289 e. The van der Waals surface area contributed by atoms with Gasteiger partial charge >= 0.3 is 0 Å². The molecule has 2 heteroatoms. The summed E-state index contributed by atoms with van der Waals surface area (Å²) in [6, 6.07) is 14.2. The van der Waals surface area contributed by atoms with Crippen LogP contribution < -0.4 is 0 Å². The topological polar surface area (TPSA) is 21.4 Å². The molecule has 0 unspecified atom stereocenters. The van der Waals surface area contributed by atoms with E-state index in [1.807, 2.05) is 31.2 Å². The van der Waals surface area contributed by atoms with Crippen molar-refractivity contribution in [1.82, 2.24) is 0 Å². The molecule has 0 N–H and O–H groups in total. The Bertz CT molecular complexity index is 574. The molecule has 82 valence electrons. The van der Waals surface area contributed by atoms with Crippen molar-refractivity contribution in [3.63, 3.8) is 0 Å². The van der Waals surface area contributed by atoms with E-state index in [9.17, 15) is 4.79 Å². The fraction of sp³-hybridized carbons (Fsp3) is 0.0667. The van der Waals surface area contributed by atoms with E-state index in [-0.39, 0.29) is 5.78 Å². The van der Waals surface area contributed by atoms with Crippen LogP contribution in [0.1, 0.15) is 21.5 Å². The Morgan fingerprint density at radius 1 is 0.941 bits per heavy atom. The van der Waals surface area contributed by atoms with Crippen LogP contribution in [0, 0.1) is 13.5 Å². The van der Waals surface area contributed by atoms with Crippen LogP contribution in [0.3, 0.4) is 0 Å². The quantitative estimate of drug-likeness (QED) is 0.558. The van der Waals surface area contributed by atoms with Crippen LogP contribution in [-0.4, -0.2) is 5.78 Å². The highest BCUT2D eigenvalue weighted by atomic mass is 16.1. The second-order valence-electron chi connectivity index (χ2n) is 3.85. The number of hydrogen-bond acceptors (Lipinski definition) is 1. The lowest BCUT2D eigenvalue weighted by atomic mass is 10.0. The van der Waals surface area contributed by atoms with Gasteiger partial charge in [-0.2, -0.15) is 0 Å². The highest BCUT2D eigenvalue weighted by Gasteiger charge is 2.08. The highest BCUT2D eigenvalue weighted by Crippen LogP contribution is 2.16. The molecule has 2 aromatic rings. The zero-order valence-electron chi connectivity index (χ0n) is 9.47. The van der Waals surface area contributed by atoms with E-state index in [1.54, 1.807) is 24.3 Å². The second-order valence-corrected chi connectivity index (χ2v) is 3.85. The largest absolute Gasteiger partial charge is 0.289 e. The average molecular weight is 221 g/mol.